The molecule has 1 atom stereocenters. The van der Waals surface area contributed by atoms with Crippen LogP contribution in [0.25, 0.3) is 11.3 Å². The first kappa shape index (κ1) is 20.0. The van der Waals surface area contributed by atoms with Crippen molar-refractivity contribution in [2.24, 2.45) is 0 Å². The minimum atomic E-state index is -0.596. The molecule has 9 heteroatoms. The van der Waals surface area contributed by atoms with E-state index in [9.17, 15) is 4.79 Å². The van der Waals surface area contributed by atoms with E-state index >= 15 is 0 Å². The Morgan fingerprint density at radius 1 is 0.969 bits per heavy atom. The molecular weight excluding hydrogens is 410 g/mol. The summed E-state index contributed by atoms with van der Waals surface area (Å²) in [7, 11) is 0. The highest BCUT2D eigenvalue weighted by atomic mass is 16.7. The van der Waals surface area contributed by atoms with Gasteiger partial charge < -0.3 is 24.0 Å². The molecule has 0 N–H and O–H groups in total. The zero-order valence-corrected chi connectivity index (χ0v) is 17.7. The summed E-state index contributed by atoms with van der Waals surface area (Å²) in [5, 5.41) is 8.71. The number of carbonyl (C=O) groups excluding carboxylic acids is 1. The summed E-state index contributed by atoms with van der Waals surface area (Å²) >= 11 is 0. The van der Waals surface area contributed by atoms with Crippen molar-refractivity contribution in [2.75, 3.05) is 37.9 Å². The topological polar surface area (TPSA) is 89.9 Å². The first-order valence-corrected chi connectivity index (χ1v) is 10.5. The maximum Gasteiger partial charge on any atom is 0.263 e. The van der Waals surface area contributed by atoms with Gasteiger partial charge in [-0.2, -0.15) is 0 Å². The normalized spacial score (nSPS) is 16.0. The molecule has 9 nitrogen and oxygen atoms in total. The van der Waals surface area contributed by atoms with Gasteiger partial charge in [0, 0.05) is 50.2 Å². The lowest BCUT2D eigenvalue weighted by Gasteiger charge is -2.36. The number of aromatic nitrogens is 3. The summed E-state index contributed by atoms with van der Waals surface area (Å²) in [6, 6.07) is 13.0. The Morgan fingerprint density at radius 3 is 2.50 bits per heavy atom. The van der Waals surface area contributed by atoms with E-state index in [1.807, 2.05) is 29.2 Å². The van der Waals surface area contributed by atoms with Gasteiger partial charge in [-0.1, -0.05) is 0 Å². The number of rotatable bonds is 5. The van der Waals surface area contributed by atoms with E-state index in [-0.39, 0.29) is 12.7 Å². The van der Waals surface area contributed by atoms with Gasteiger partial charge in [0.25, 0.3) is 5.91 Å². The van der Waals surface area contributed by atoms with Crippen molar-refractivity contribution in [1.82, 2.24) is 20.1 Å². The summed E-state index contributed by atoms with van der Waals surface area (Å²) in [6.07, 6.45) is 2.87. The molecule has 0 bridgehead atoms. The van der Waals surface area contributed by atoms with Crippen LogP contribution < -0.4 is 19.1 Å². The quantitative estimate of drug-likeness (QED) is 0.606. The molecule has 1 unspecified atom stereocenters. The number of nitrogens with zero attached hydrogens (tertiary/aromatic N) is 5. The van der Waals surface area contributed by atoms with Crippen LogP contribution in [-0.4, -0.2) is 65.1 Å². The zero-order valence-electron chi connectivity index (χ0n) is 17.7. The van der Waals surface area contributed by atoms with Gasteiger partial charge in [0.05, 0.1) is 5.69 Å². The van der Waals surface area contributed by atoms with E-state index in [0.717, 1.165) is 17.1 Å². The van der Waals surface area contributed by atoms with Crippen molar-refractivity contribution in [3.63, 3.8) is 0 Å². The summed E-state index contributed by atoms with van der Waals surface area (Å²) in [4.78, 5) is 20.9. The number of anilines is 1. The van der Waals surface area contributed by atoms with Crippen LogP contribution in [0.3, 0.4) is 0 Å². The molecule has 0 saturated carbocycles. The van der Waals surface area contributed by atoms with Crippen LogP contribution in [0.4, 0.5) is 5.82 Å². The Labute approximate surface area is 185 Å². The van der Waals surface area contributed by atoms with Gasteiger partial charge in [0.15, 0.2) is 23.4 Å². The standard InChI is InChI=1S/C23H23N5O4/c1-16(32-18-2-4-20-21(14-18)31-15-30-20)23(29)28-12-10-27(11-13-28)22-5-3-19(25-26-22)17-6-8-24-9-7-17/h2-9,14,16H,10-13,15H2,1H3. The number of piperazine rings is 1. The number of ether oxygens (including phenoxy) is 3. The molecule has 5 rings (SSSR count). The summed E-state index contributed by atoms with van der Waals surface area (Å²) in [6.45, 7) is 4.54. The molecule has 1 saturated heterocycles. The average Bonchev–Trinajstić information content (AvgIpc) is 3.32. The molecule has 2 aromatic heterocycles. The summed E-state index contributed by atoms with van der Waals surface area (Å²) in [5.74, 6) is 2.66. The zero-order chi connectivity index (χ0) is 21.9. The molecule has 32 heavy (non-hydrogen) atoms. The molecule has 3 aromatic rings. The minimum Gasteiger partial charge on any atom is -0.481 e. The lowest BCUT2D eigenvalue weighted by molar-refractivity contribution is -0.138. The smallest absolute Gasteiger partial charge is 0.263 e. The molecule has 0 radical (unpaired) electrons. The fourth-order valence-electron chi connectivity index (χ4n) is 3.79. The van der Waals surface area contributed by atoms with Gasteiger partial charge in [-0.05, 0) is 43.3 Å². The van der Waals surface area contributed by atoms with Gasteiger partial charge in [-0.15, -0.1) is 10.2 Å². The molecule has 1 aromatic carbocycles. The largest absolute Gasteiger partial charge is 0.481 e. The second-order valence-electron chi connectivity index (χ2n) is 7.60. The molecule has 2 aliphatic rings. The Bertz CT molecular complexity index is 1090. The Kier molecular flexibility index (Phi) is 5.45. The Hall–Kier alpha value is -3.88. The number of hydrogen-bond donors (Lipinski definition) is 0. The van der Waals surface area contributed by atoms with Gasteiger partial charge >= 0.3 is 0 Å². The highest BCUT2D eigenvalue weighted by molar-refractivity contribution is 5.81. The van der Waals surface area contributed by atoms with E-state index in [1.165, 1.54) is 0 Å². The molecule has 0 aliphatic carbocycles. The number of benzene rings is 1. The second-order valence-corrected chi connectivity index (χ2v) is 7.60. The maximum atomic E-state index is 12.9. The van der Waals surface area contributed by atoms with Crippen molar-refractivity contribution >= 4 is 11.7 Å². The predicted molar refractivity (Wildman–Crippen MR) is 117 cm³/mol. The van der Waals surface area contributed by atoms with Crippen LogP contribution in [0.2, 0.25) is 0 Å². The van der Waals surface area contributed by atoms with Crippen LogP contribution in [0, 0.1) is 0 Å². The van der Waals surface area contributed by atoms with E-state index in [0.29, 0.717) is 43.4 Å². The van der Waals surface area contributed by atoms with Gasteiger partial charge in [-0.25, -0.2) is 0 Å². The van der Waals surface area contributed by atoms with E-state index in [4.69, 9.17) is 14.2 Å². The van der Waals surface area contributed by atoms with E-state index in [1.54, 1.807) is 37.5 Å². The Morgan fingerprint density at radius 2 is 1.75 bits per heavy atom. The number of carbonyl (C=O) groups is 1. The molecule has 1 amide bonds. The van der Waals surface area contributed by atoms with E-state index < -0.39 is 6.10 Å². The third-order valence-electron chi connectivity index (χ3n) is 5.55. The van der Waals surface area contributed by atoms with Gasteiger partial charge in [0.2, 0.25) is 6.79 Å². The minimum absolute atomic E-state index is 0.0403. The van der Waals surface area contributed by atoms with Gasteiger partial charge in [0.1, 0.15) is 5.75 Å². The summed E-state index contributed by atoms with van der Waals surface area (Å²) in [5.41, 5.74) is 1.78. The van der Waals surface area contributed by atoms with Crippen molar-refractivity contribution in [2.45, 2.75) is 13.0 Å². The monoisotopic (exact) mass is 433 g/mol. The first-order chi connectivity index (χ1) is 15.7. The molecular formula is C23H23N5O4. The first-order valence-electron chi connectivity index (χ1n) is 10.5. The third-order valence-corrected chi connectivity index (χ3v) is 5.55. The molecule has 1 fully saturated rings. The van der Waals surface area contributed by atoms with Crippen LogP contribution in [0.1, 0.15) is 6.92 Å². The lowest BCUT2D eigenvalue weighted by Crippen LogP contribution is -2.52. The van der Waals surface area contributed by atoms with Crippen LogP contribution in [0.15, 0.2) is 54.9 Å². The van der Waals surface area contributed by atoms with Crippen LogP contribution in [-0.2, 0) is 4.79 Å². The number of hydrogen-bond acceptors (Lipinski definition) is 8. The number of fused-ring (bicyclic) bond motifs is 1. The highest BCUT2D eigenvalue weighted by Gasteiger charge is 2.27. The number of amides is 1. The predicted octanol–water partition coefficient (Wildman–Crippen LogP) is 2.38. The van der Waals surface area contributed by atoms with E-state index in [2.05, 4.69) is 20.1 Å². The van der Waals surface area contributed by atoms with Gasteiger partial charge in [-0.3, -0.25) is 9.78 Å². The second kappa shape index (κ2) is 8.70. The average molecular weight is 433 g/mol. The SMILES string of the molecule is CC(Oc1ccc2c(c1)OCO2)C(=O)N1CCN(c2ccc(-c3ccncc3)nn2)CC1. The number of pyridine rings is 1. The fraction of sp³-hybridized carbons (Fsp3) is 0.304. The van der Waals surface area contributed by atoms with Crippen molar-refractivity contribution in [3.05, 3.63) is 54.9 Å². The molecule has 4 heterocycles. The van der Waals surface area contributed by atoms with Crippen LogP contribution in [0.5, 0.6) is 17.2 Å². The van der Waals surface area contributed by atoms with Crippen LogP contribution >= 0.6 is 0 Å². The highest BCUT2D eigenvalue weighted by Crippen LogP contribution is 2.35. The lowest BCUT2D eigenvalue weighted by atomic mass is 10.2. The molecule has 164 valence electrons. The van der Waals surface area contributed by atoms with Crippen molar-refractivity contribution in [3.8, 4) is 28.5 Å². The third kappa shape index (κ3) is 4.14. The van der Waals surface area contributed by atoms with Crippen molar-refractivity contribution in [1.29, 1.82) is 0 Å². The molecule has 2 aliphatic heterocycles. The fourth-order valence-corrected chi connectivity index (χ4v) is 3.79. The van der Waals surface area contributed by atoms with Crippen molar-refractivity contribution < 1.29 is 19.0 Å². The summed E-state index contributed by atoms with van der Waals surface area (Å²) < 4.78 is 16.5. The molecule has 0 spiro atoms. The Balaban J connectivity index is 1.16. The maximum absolute atomic E-state index is 12.9.